The van der Waals surface area contributed by atoms with Gasteiger partial charge in [-0.25, -0.2) is 8.42 Å². The van der Waals surface area contributed by atoms with Crippen LogP contribution < -0.4 is 9.47 Å². The van der Waals surface area contributed by atoms with Crippen LogP contribution >= 0.6 is 46.3 Å². The SMILES string of the molecule is CC(CC[n+]1c(C=C2Sc3ccc(Cl)cc3N2CCC(C)S(=O)(=O)O)sc2ccc(Cl)cc21)S(=O)(=O)[O-]. The Morgan fingerprint density at radius 1 is 1.05 bits per heavy atom. The van der Waals surface area contributed by atoms with Crippen molar-refractivity contribution >= 4 is 88.5 Å². The predicted octanol–water partition coefficient (Wildman–Crippen LogP) is 5.40. The third-order valence-electron chi connectivity index (χ3n) is 6.15. The molecule has 8 nitrogen and oxygen atoms in total. The molecule has 0 bridgehead atoms. The van der Waals surface area contributed by atoms with Gasteiger partial charge in [0, 0.05) is 34.0 Å². The van der Waals surface area contributed by atoms with Gasteiger partial charge in [0.05, 0.1) is 37.4 Å². The zero-order chi connectivity index (χ0) is 27.1. The molecule has 0 radical (unpaired) electrons. The van der Waals surface area contributed by atoms with Crippen LogP contribution in [0.2, 0.25) is 10.0 Å². The van der Waals surface area contributed by atoms with Gasteiger partial charge in [0.25, 0.3) is 15.1 Å². The Morgan fingerprint density at radius 3 is 2.41 bits per heavy atom. The minimum atomic E-state index is -4.43. The maximum absolute atomic E-state index is 11.6. The van der Waals surface area contributed by atoms with Crippen LogP contribution in [0, 0.1) is 0 Å². The molecule has 4 rings (SSSR count). The Labute approximate surface area is 234 Å². The molecule has 14 heteroatoms. The number of aromatic nitrogens is 1. The first-order valence-corrected chi connectivity index (χ1v) is 16.6. The number of benzene rings is 2. The van der Waals surface area contributed by atoms with Gasteiger partial charge in [-0.05, 0) is 50.6 Å². The average molecular weight is 624 g/mol. The van der Waals surface area contributed by atoms with Gasteiger partial charge >= 0.3 is 0 Å². The van der Waals surface area contributed by atoms with Gasteiger partial charge in [0.15, 0.2) is 6.54 Å². The molecule has 2 atom stereocenters. The third-order valence-corrected chi connectivity index (χ3v) is 11.3. The largest absolute Gasteiger partial charge is 0.748 e. The highest BCUT2D eigenvalue weighted by Crippen LogP contribution is 2.48. The molecule has 1 N–H and O–H groups in total. The Hall–Kier alpha value is -1.38. The van der Waals surface area contributed by atoms with Gasteiger partial charge in [-0.15, -0.1) is 0 Å². The lowest BCUT2D eigenvalue weighted by Gasteiger charge is -2.21. The van der Waals surface area contributed by atoms with Crippen molar-refractivity contribution in [1.29, 1.82) is 0 Å². The normalized spacial score (nSPS) is 16.9. The van der Waals surface area contributed by atoms with Crippen LogP contribution in [0.25, 0.3) is 16.3 Å². The van der Waals surface area contributed by atoms with Gasteiger partial charge < -0.3 is 9.45 Å². The summed E-state index contributed by atoms with van der Waals surface area (Å²) in [6.07, 6.45) is 2.26. The van der Waals surface area contributed by atoms with Gasteiger partial charge in [-0.1, -0.05) is 46.3 Å². The highest BCUT2D eigenvalue weighted by atomic mass is 35.5. The summed E-state index contributed by atoms with van der Waals surface area (Å²) in [5, 5.41) is 0.681. The third kappa shape index (κ3) is 6.62. The molecule has 1 aromatic heterocycles. The Bertz CT molecular complexity index is 1590. The van der Waals surface area contributed by atoms with E-state index < -0.39 is 30.7 Å². The first-order valence-electron chi connectivity index (χ1n) is 11.2. The maximum atomic E-state index is 11.6. The lowest BCUT2D eigenvalue weighted by Crippen LogP contribution is -2.37. The summed E-state index contributed by atoms with van der Waals surface area (Å²) in [6, 6.07) is 10.9. The molecule has 0 spiro atoms. The maximum Gasteiger partial charge on any atom is 0.267 e. The summed E-state index contributed by atoms with van der Waals surface area (Å²) >= 11 is 15.5. The first kappa shape index (κ1) is 28.6. The van der Waals surface area contributed by atoms with Crippen molar-refractivity contribution in [3.05, 3.63) is 56.5 Å². The van der Waals surface area contributed by atoms with Crippen molar-refractivity contribution in [2.24, 2.45) is 0 Å². The molecule has 0 amide bonds. The van der Waals surface area contributed by atoms with E-state index in [0.717, 1.165) is 30.8 Å². The molecule has 2 aromatic carbocycles. The number of anilines is 1. The van der Waals surface area contributed by atoms with Crippen molar-refractivity contribution < 1.29 is 30.5 Å². The smallest absolute Gasteiger partial charge is 0.267 e. The number of halogens is 2. The Morgan fingerprint density at radius 2 is 1.73 bits per heavy atom. The minimum Gasteiger partial charge on any atom is -0.748 e. The van der Waals surface area contributed by atoms with E-state index >= 15 is 0 Å². The van der Waals surface area contributed by atoms with Gasteiger partial charge in [0.1, 0.15) is 4.70 Å². The monoisotopic (exact) mass is 622 g/mol. The fraction of sp³-hybridized carbons (Fsp3) is 0.348. The quantitative estimate of drug-likeness (QED) is 0.249. The second kappa shape index (κ2) is 11.0. The van der Waals surface area contributed by atoms with Gasteiger partial charge in [0.2, 0.25) is 5.52 Å². The standard InChI is InChI=1S/C23H24Cl2N2O6S4/c1-14(36(28,29)30)7-9-26-18-11-16(24)3-5-20(18)34-22(26)13-23-27(10-8-15(2)37(31,32)33)19-12-17(25)4-6-21(19)35-23/h3-6,11-15H,7-10H2,1-2H3,(H-,28,29,30,31,32,33). The van der Waals surface area contributed by atoms with Crippen molar-refractivity contribution in [3.8, 4) is 0 Å². The zero-order valence-electron chi connectivity index (χ0n) is 19.8. The van der Waals surface area contributed by atoms with E-state index in [-0.39, 0.29) is 19.4 Å². The summed E-state index contributed by atoms with van der Waals surface area (Å²) in [7, 11) is -8.61. The molecule has 1 aliphatic rings. The topological polar surface area (TPSA) is 119 Å². The van der Waals surface area contributed by atoms with E-state index in [1.54, 1.807) is 18.2 Å². The number of thiazole rings is 1. The molecular weight excluding hydrogens is 599 g/mol. The van der Waals surface area contributed by atoms with E-state index in [0.29, 0.717) is 16.6 Å². The highest BCUT2D eigenvalue weighted by Gasteiger charge is 2.30. The number of thioether (sulfide) groups is 1. The van der Waals surface area contributed by atoms with Crippen LogP contribution in [0.4, 0.5) is 5.69 Å². The van der Waals surface area contributed by atoms with E-state index in [1.165, 1.54) is 36.9 Å². The summed E-state index contributed by atoms with van der Waals surface area (Å²) in [4.78, 5) is 2.90. The molecule has 0 aliphatic carbocycles. The lowest BCUT2D eigenvalue weighted by molar-refractivity contribution is -0.669. The van der Waals surface area contributed by atoms with Crippen LogP contribution in [0.3, 0.4) is 0 Å². The molecule has 2 heterocycles. The fourth-order valence-electron chi connectivity index (χ4n) is 3.85. The van der Waals surface area contributed by atoms with E-state index in [1.807, 2.05) is 33.7 Å². The Kier molecular flexibility index (Phi) is 8.52. The van der Waals surface area contributed by atoms with E-state index in [2.05, 4.69) is 0 Å². The fourth-order valence-corrected chi connectivity index (χ4v) is 7.26. The van der Waals surface area contributed by atoms with Crippen molar-refractivity contribution in [3.63, 3.8) is 0 Å². The second-order valence-corrected chi connectivity index (χ2v) is 15.4. The summed E-state index contributed by atoms with van der Waals surface area (Å²) in [5.74, 6) is 0. The molecule has 1 aliphatic heterocycles. The molecule has 200 valence electrons. The molecule has 0 fully saturated rings. The molecule has 3 aromatic rings. The Balaban J connectivity index is 1.76. The number of hydrogen-bond donors (Lipinski definition) is 1. The predicted molar refractivity (Wildman–Crippen MR) is 149 cm³/mol. The average Bonchev–Trinajstić information content (AvgIpc) is 3.31. The van der Waals surface area contributed by atoms with Crippen molar-refractivity contribution in [2.75, 3.05) is 11.4 Å². The summed E-state index contributed by atoms with van der Waals surface area (Å²) in [6.45, 7) is 3.45. The first-order chi connectivity index (χ1) is 17.2. The van der Waals surface area contributed by atoms with Crippen LogP contribution in [-0.4, -0.2) is 43.0 Å². The van der Waals surface area contributed by atoms with Crippen molar-refractivity contribution in [2.45, 2.75) is 48.6 Å². The van der Waals surface area contributed by atoms with Gasteiger partial charge in [-0.2, -0.15) is 13.0 Å². The molecule has 0 saturated heterocycles. The highest BCUT2D eigenvalue weighted by molar-refractivity contribution is 8.04. The van der Waals surface area contributed by atoms with Crippen LogP contribution in [0.1, 0.15) is 31.7 Å². The van der Waals surface area contributed by atoms with Crippen LogP contribution in [-0.2, 0) is 26.8 Å². The number of fused-ring (bicyclic) bond motifs is 2. The molecule has 0 saturated carbocycles. The minimum absolute atomic E-state index is 0.129. The van der Waals surface area contributed by atoms with E-state index in [9.17, 15) is 25.9 Å². The summed E-state index contributed by atoms with van der Waals surface area (Å²) in [5.41, 5.74) is 1.64. The van der Waals surface area contributed by atoms with E-state index in [4.69, 9.17) is 23.2 Å². The molecule has 37 heavy (non-hydrogen) atoms. The van der Waals surface area contributed by atoms with Crippen molar-refractivity contribution in [1.82, 2.24) is 0 Å². The van der Waals surface area contributed by atoms with Crippen LogP contribution in [0.15, 0.2) is 46.3 Å². The number of aryl methyl sites for hydroxylation is 1. The summed E-state index contributed by atoms with van der Waals surface area (Å²) < 4.78 is 70.0. The number of nitrogens with zero attached hydrogens (tertiary/aromatic N) is 2. The lowest BCUT2D eigenvalue weighted by atomic mass is 10.2. The van der Waals surface area contributed by atoms with Gasteiger partial charge in [-0.3, -0.25) is 4.55 Å². The molecular formula is C23H24Cl2N2O6S4. The van der Waals surface area contributed by atoms with Crippen LogP contribution in [0.5, 0.6) is 0 Å². The number of hydrogen-bond acceptors (Lipinski definition) is 8. The second-order valence-electron chi connectivity index (χ2n) is 8.76. The number of rotatable bonds is 9. The zero-order valence-corrected chi connectivity index (χ0v) is 24.6. The molecule has 2 unspecified atom stereocenters.